The van der Waals surface area contributed by atoms with E-state index in [0.717, 1.165) is 17.8 Å². The fourth-order valence-electron chi connectivity index (χ4n) is 1.97. The molecule has 0 aliphatic carbocycles. The molecule has 2 N–H and O–H groups in total. The molecule has 2 aromatic heterocycles. The fourth-order valence-corrected chi connectivity index (χ4v) is 3.06. The highest BCUT2D eigenvalue weighted by Crippen LogP contribution is 2.23. The molecule has 0 radical (unpaired) electrons. The van der Waals surface area contributed by atoms with Crippen molar-refractivity contribution in [3.63, 3.8) is 0 Å². The van der Waals surface area contributed by atoms with Crippen LogP contribution in [0.5, 0.6) is 0 Å². The summed E-state index contributed by atoms with van der Waals surface area (Å²) in [5.41, 5.74) is 0.469. The summed E-state index contributed by atoms with van der Waals surface area (Å²) in [6.07, 6.45) is 2.38. The van der Waals surface area contributed by atoms with Crippen LogP contribution in [0, 0.1) is 0 Å². The van der Waals surface area contributed by atoms with Crippen molar-refractivity contribution in [2.75, 3.05) is 11.9 Å². The highest BCUT2D eigenvalue weighted by atomic mass is 35.5. The van der Waals surface area contributed by atoms with E-state index in [0.29, 0.717) is 16.4 Å². The van der Waals surface area contributed by atoms with Gasteiger partial charge in [-0.3, -0.25) is 4.79 Å². The van der Waals surface area contributed by atoms with Crippen molar-refractivity contribution in [2.45, 2.75) is 26.3 Å². The molecular weight excluding hydrogens is 306 g/mol. The number of thiophene rings is 1. The molecular formula is C15H18ClN3OS. The monoisotopic (exact) mass is 323 g/mol. The van der Waals surface area contributed by atoms with E-state index in [-0.39, 0.29) is 11.9 Å². The van der Waals surface area contributed by atoms with Crippen molar-refractivity contribution in [1.29, 1.82) is 0 Å². The molecule has 0 aliphatic heterocycles. The van der Waals surface area contributed by atoms with E-state index in [2.05, 4.69) is 15.6 Å². The van der Waals surface area contributed by atoms with Crippen molar-refractivity contribution < 1.29 is 4.79 Å². The third-order valence-electron chi connectivity index (χ3n) is 3.05. The minimum atomic E-state index is -0.160. The lowest BCUT2D eigenvalue weighted by molar-refractivity contribution is 0.0936. The minimum Gasteiger partial charge on any atom is -0.369 e. The number of anilines is 1. The topological polar surface area (TPSA) is 54.0 Å². The number of hydrogen-bond donors (Lipinski definition) is 2. The lowest BCUT2D eigenvalue weighted by atomic mass is 10.1. The van der Waals surface area contributed by atoms with Crippen molar-refractivity contribution in [2.24, 2.45) is 0 Å². The molecule has 2 aromatic rings. The van der Waals surface area contributed by atoms with Crippen LogP contribution in [-0.2, 0) is 0 Å². The van der Waals surface area contributed by atoms with Gasteiger partial charge in [0.05, 0.1) is 16.6 Å². The van der Waals surface area contributed by atoms with Crippen molar-refractivity contribution in [1.82, 2.24) is 10.3 Å². The molecule has 0 fully saturated rings. The summed E-state index contributed by atoms with van der Waals surface area (Å²) >= 11 is 7.76. The van der Waals surface area contributed by atoms with Gasteiger partial charge >= 0.3 is 0 Å². The summed E-state index contributed by atoms with van der Waals surface area (Å²) in [5.74, 6) is 0.439. The van der Waals surface area contributed by atoms with Crippen LogP contribution in [0.15, 0.2) is 29.8 Å². The molecule has 1 amide bonds. The van der Waals surface area contributed by atoms with Crippen molar-refractivity contribution in [3.05, 3.63) is 45.2 Å². The first-order valence-corrected chi connectivity index (χ1v) is 8.15. The average molecular weight is 324 g/mol. The Labute approximate surface area is 133 Å². The maximum absolute atomic E-state index is 12.3. The summed E-state index contributed by atoms with van der Waals surface area (Å²) in [6, 6.07) is 5.67. The smallest absolute Gasteiger partial charge is 0.253 e. The van der Waals surface area contributed by atoms with Crippen molar-refractivity contribution in [3.8, 4) is 0 Å². The molecule has 0 saturated carbocycles. The summed E-state index contributed by atoms with van der Waals surface area (Å²) in [6.45, 7) is 4.74. The molecule has 1 atom stereocenters. The van der Waals surface area contributed by atoms with E-state index in [9.17, 15) is 4.79 Å². The zero-order valence-electron chi connectivity index (χ0n) is 12.0. The Morgan fingerprint density at radius 2 is 2.29 bits per heavy atom. The van der Waals surface area contributed by atoms with Crippen LogP contribution in [0.25, 0.3) is 0 Å². The Kier molecular flexibility index (Phi) is 5.59. The molecule has 0 aromatic carbocycles. The Balaban J connectivity index is 2.11. The molecule has 4 nitrogen and oxygen atoms in total. The van der Waals surface area contributed by atoms with Crippen LogP contribution in [0.1, 0.15) is 41.5 Å². The number of aromatic nitrogens is 1. The van der Waals surface area contributed by atoms with Crippen LogP contribution >= 0.6 is 22.9 Å². The second-order valence-corrected chi connectivity index (χ2v) is 5.92. The summed E-state index contributed by atoms with van der Waals surface area (Å²) in [7, 11) is 0. The number of amides is 1. The summed E-state index contributed by atoms with van der Waals surface area (Å²) in [4.78, 5) is 17.6. The molecule has 2 rings (SSSR count). The lowest BCUT2D eigenvalue weighted by Crippen LogP contribution is -2.27. The van der Waals surface area contributed by atoms with Crippen LogP contribution in [0.2, 0.25) is 5.02 Å². The Bertz CT molecular complexity index is 601. The number of nitrogens with zero attached hydrogens (tertiary/aromatic N) is 1. The first-order chi connectivity index (χ1) is 10.2. The van der Waals surface area contributed by atoms with E-state index in [1.807, 2.05) is 31.4 Å². The zero-order chi connectivity index (χ0) is 15.2. The number of carbonyl (C=O) groups is 1. The maximum Gasteiger partial charge on any atom is 0.253 e. The summed E-state index contributed by atoms with van der Waals surface area (Å²) < 4.78 is 0. The highest BCUT2D eigenvalue weighted by molar-refractivity contribution is 7.10. The van der Waals surface area contributed by atoms with Crippen LogP contribution in [0.3, 0.4) is 0 Å². The van der Waals surface area contributed by atoms with Gasteiger partial charge in [0, 0.05) is 17.6 Å². The number of pyridine rings is 1. The molecule has 6 heteroatoms. The molecule has 0 bridgehead atoms. The number of nitrogens with one attached hydrogen (secondary N) is 2. The van der Waals surface area contributed by atoms with Gasteiger partial charge in [0.2, 0.25) is 0 Å². The van der Waals surface area contributed by atoms with Gasteiger partial charge in [0.15, 0.2) is 0 Å². The normalized spacial score (nSPS) is 12.0. The second-order valence-electron chi connectivity index (χ2n) is 4.53. The predicted octanol–water partition coefficient (Wildman–Crippen LogP) is 4.11. The minimum absolute atomic E-state index is 0.0183. The lowest BCUT2D eigenvalue weighted by Gasteiger charge is -2.15. The quantitative estimate of drug-likeness (QED) is 0.841. The molecule has 21 heavy (non-hydrogen) atoms. The van der Waals surface area contributed by atoms with Crippen LogP contribution in [0.4, 0.5) is 5.82 Å². The molecule has 0 aliphatic rings. The molecule has 112 valence electrons. The third kappa shape index (κ3) is 3.95. The fraction of sp³-hybridized carbons (Fsp3) is 0.333. The maximum atomic E-state index is 12.3. The first kappa shape index (κ1) is 15.8. The van der Waals surface area contributed by atoms with Gasteiger partial charge < -0.3 is 10.6 Å². The average Bonchev–Trinajstić information content (AvgIpc) is 3.01. The van der Waals surface area contributed by atoms with Gasteiger partial charge in [0.1, 0.15) is 5.82 Å². The van der Waals surface area contributed by atoms with E-state index < -0.39 is 0 Å². The number of hydrogen-bond acceptors (Lipinski definition) is 4. The van der Waals surface area contributed by atoms with Gasteiger partial charge in [0.25, 0.3) is 5.91 Å². The molecule has 0 spiro atoms. The van der Waals surface area contributed by atoms with Gasteiger partial charge in [-0.25, -0.2) is 4.98 Å². The Morgan fingerprint density at radius 3 is 2.86 bits per heavy atom. The number of halogens is 1. The Hall–Kier alpha value is -1.59. The van der Waals surface area contributed by atoms with Crippen LogP contribution in [-0.4, -0.2) is 17.4 Å². The SMILES string of the molecule is CCNc1ncc(C(=O)NC(CC)c2cccs2)cc1Cl. The largest absolute Gasteiger partial charge is 0.369 e. The van der Waals surface area contributed by atoms with E-state index in [4.69, 9.17) is 11.6 Å². The zero-order valence-corrected chi connectivity index (χ0v) is 13.6. The van der Waals surface area contributed by atoms with Gasteiger partial charge in [-0.05, 0) is 30.9 Å². The molecule has 2 heterocycles. The molecule has 1 unspecified atom stereocenters. The van der Waals surface area contributed by atoms with Crippen molar-refractivity contribution >= 4 is 34.7 Å². The van der Waals surface area contributed by atoms with Gasteiger partial charge in [-0.15, -0.1) is 11.3 Å². The van der Waals surface area contributed by atoms with E-state index in [1.165, 1.54) is 0 Å². The third-order valence-corrected chi connectivity index (χ3v) is 4.32. The van der Waals surface area contributed by atoms with Crippen LogP contribution < -0.4 is 10.6 Å². The van der Waals surface area contributed by atoms with Gasteiger partial charge in [-0.2, -0.15) is 0 Å². The van der Waals surface area contributed by atoms with E-state index in [1.54, 1.807) is 23.6 Å². The standard InChI is InChI=1S/C15H18ClN3OS/c1-3-12(13-6-5-7-21-13)19-15(20)10-8-11(16)14(17-4-2)18-9-10/h5-9,12H,3-4H2,1-2H3,(H,17,18)(H,19,20). The predicted molar refractivity (Wildman–Crippen MR) is 88.2 cm³/mol. The highest BCUT2D eigenvalue weighted by Gasteiger charge is 2.16. The summed E-state index contributed by atoms with van der Waals surface area (Å²) in [5, 5.41) is 8.52. The molecule has 0 saturated heterocycles. The number of carbonyl (C=O) groups excluding carboxylic acids is 1. The van der Waals surface area contributed by atoms with Gasteiger partial charge in [-0.1, -0.05) is 24.6 Å². The Morgan fingerprint density at radius 1 is 1.48 bits per heavy atom. The van der Waals surface area contributed by atoms with E-state index >= 15 is 0 Å². The first-order valence-electron chi connectivity index (χ1n) is 6.89. The number of rotatable bonds is 6. The second kappa shape index (κ2) is 7.43.